The molecule has 0 aliphatic heterocycles. The SMILES string of the molecule is C=C(/C=C(\O/C=C/C)O[Si](C)(C)C)O[Si](C)(C)C. The van der Waals surface area contributed by atoms with Gasteiger partial charge in [0, 0.05) is 0 Å². The van der Waals surface area contributed by atoms with E-state index in [4.69, 9.17) is 13.6 Å². The zero-order valence-corrected chi connectivity index (χ0v) is 14.7. The maximum absolute atomic E-state index is 5.83. The second-order valence-electron chi connectivity index (χ2n) is 5.95. The largest absolute Gasteiger partial charge is 0.545 e. The Bertz CT molecular complexity index is 333. The van der Waals surface area contributed by atoms with Crippen LogP contribution in [0.15, 0.2) is 36.7 Å². The molecule has 3 nitrogen and oxygen atoms in total. The van der Waals surface area contributed by atoms with Gasteiger partial charge in [0.05, 0.1) is 12.3 Å². The molecule has 104 valence electrons. The highest BCUT2D eigenvalue weighted by molar-refractivity contribution is 6.70. The lowest BCUT2D eigenvalue weighted by atomic mass is 10.5. The van der Waals surface area contributed by atoms with E-state index in [1.54, 1.807) is 12.3 Å². The van der Waals surface area contributed by atoms with Crippen molar-refractivity contribution in [3.63, 3.8) is 0 Å². The molecule has 0 saturated heterocycles. The molecule has 0 atom stereocenters. The van der Waals surface area contributed by atoms with E-state index in [9.17, 15) is 0 Å². The van der Waals surface area contributed by atoms with E-state index >= 15 is 0 Å². The van der Waals surface area contributed by atoms with Crippen molar-refractivity contribution in [2.45, 2.75) is 46.2 Å². The number of allylic oxidation sites excluding steroid dienone is 2. The van der Waals surface area contributed by atoms with Gasteiger partial charge in [-0.1, -0.05) is 12.7 Å². The summed E-state index contributed by atoms with van der Waals surface area (Å²) in [5, 5.41) is 0. The zero-order valence-electron chi connectivity index (χ0n) is 12.7. The highest BCUT2D eigenvalue weighted by Gasteiger charge is 2.20. The van der Waals surface area contributed by atoms with Crippen molar-refractivity contribution < 1.29 is 13.6 Å². The first-order chi connectivity index (χ1) is 8.03. The van der Waals surface area contributed by atoms with E-state index < -0.39 is 16.6 Å². The first-order valence-electron chi connectivity index (χ1n) is 6.10. The van der Waals surface area contributed by atoms with Crippen molar-refractivity contribution in [2.24, 2.45) is 0 Å². The van der Waals surface area contributed by atoms with Gasteiger partial charge in [0.1, 0.15) is 5.76 Å². The molecule has 0 unspecified atom stereocenters. The Morgan fingerprint density at radius 1 is 0.944 bits per heavy atom. The number of hydrogen-bond donors (Lipinski definition) is 0. The van der Waals surface area contributed by atoms with Gasteiger partial charge in [0.25, 0.3) is 5.95 Å². The maximum Gasteiger partial charge on any atom is 0.273 e. The summed E-state index contributed by atoms with van der Waals surface area (Å²) in [6.45, 7) is 18.4. The van der Waals surface area contributed by atoms with Crippen LogP contribution in [-0.2, 0) is 13.6 Å². The van der Waals surface area contributed by atoms with Crippen LogP contribution in [0.3, 0.4) is 0 Å². The minimum atomic E-state index is -1.71. The second-order valence-corrected chi connectivity index (χ2v) is 14.8. The van der Waals surface area contributed by atoms with Crippen molar-refractivity contribution in [1.29, 1.82) is 0 Å². The zero-order chi connectivity index (χ0) is 14.4. The van der Waals surface area contributed by atoms with Crippen LogP contribution in [0, 0.1) is 0 Å². The second kappa shape index (κ2) is 6.85. The summed E-state index contributed by atoms with van der Waals surface area (Å²) >= 11 is 0. The van der Waals surface area contributed by atoms with Gasteiger partial charge in [-0.3, -0.25) is 0 Å². The molecule has 0 aliphatic rings. The molecule has 0 aromatic carbocycles. The third-order valence-electron chi connectivity index (χ3n) is 1.44. The van der Waals surface area contributed by atoms with Crippen LogP contribution >= 0.6 is 0 Å². The smallest absolute Gasteiger partial charge is 0.273 e. The third-order valence-corrected chi connectivity index (χ3v) is 3.13. The standard InChI is InChI=1S/C13H26O3Si2/c1-9-10-14-13(16-18(6,7)8)11-12(2)15-17(3,4)5/h9-11H,2H2,1,3-8H3/b10-9+,13-11+. The Labute approximate surface area is 113 Å². The molecule has 5 heteroatoms. The van der Waals surface area contributed by atoms with Gasteiger partial charge in [-0.2, -0.15) is 0 Å². The Kier molecular flexibility index (Phi) is 6.49. The lowest BCUT2D eigenvalue weighted by molar-refractivity contribution is 0.177. The van der Waals surface area contributed by atoms with Gasteiger partial charge in [0.15, 0.2) is 0 Å². The molecule has 0 aromatic rings. The first kappa shape index (κ1) is 17.1. The predicted molar refractivity (Wildman–Crippen MR) is 82.0 cm³/mol. The molecule has 0 N–H and O–H groups in total. The Hall–Kier alpha value is -0.946. The first-order valence-corrected chi connectivity index (χ1v) is 12.9. The Balaban J connectivity index is 4.78. The molecule has 0 saturated carbocycles. The quantitative estimate of drug-likeness (QED) is 0.389. The van der Waals surface area contributed by atoms with Crippen molar-refractivity contribution in [3.05, 3.63) is 36.7 Å². The number of rotatable bonds is 7. The highest BCUT2D eigenvalue weighted by Crippen LogP contribution is 2.16. The monoisotopic (exact) mass is 286 g/mol. The molecule has 0 rings (SSSR count). The Morgan fingerprint density at radius 2 is 1.44 bits per heavy atom. The molecule has 0 heterocycles. The summed E-state index contributed by atoms with van der Waals surface area (Å²) in [5.41, 5.74) is 0. The van der Waals surface area contributed by atoms with Gasteiger partial charge < -0.3 is 13.6 Å². The van der Waals surface area contributed by atoms with Crippen molar-refractivity contribution in [1.82, 2.24) is 0 Å². The number of ether oxygens (including phenoxy) is 1. The minimum absolute atomic E-state index is 0.454. The lowest BCUT2D eigenvalue weighted by Crippen LogP contribution is -2.26. The van der Waals surface area contributed by atoms with Gasteiger partial charge in [0.2, 0.25) is 16.6 Å². The molecule has 0 amide bonds. The molecular weight excluding hydrogens is 260 g/mol. The van der Waals surface area contributed by atoms with Gasteiger partial charge in [-0.05, 0) is 46.2 Å². The van der Waals surface area contributed by atoms with Crippen LogP contribution in [0.25, 0.3) is 0 Å². The molecule has 0 spiro atoms. The molecule has 18 heavy (non-hydrogen) atoms. The van der Waals surface area contributed by atoms with E-state index in [0.717, 1.165) is 0 Å². The van der Waals surface area contributed by atoms with Crippen molar-refractivity contribution >= 4 is 16.6 Å². The Morgan fingerprint density at radius 3 is 1.83 bits per heavy atom. The van der Waals surface area contributed by atoms with Crippen LogP contribution < -0.4 is 0 Å². The van der Waals surface area contributed by atoms with Crippen LogP contribution in [0.5, 0.6) is 0 Å². The summed E-state index contributed by atoms with van der Waals surface area (Å²) in [6, 6.07) is 0. The van der Waals surface area contributed by atoms with Crippen LogP contribution in [-0.4, -0.2) is 16.6 Å². The van der Waals surface area contributed by atoms with Gasteiger partial charge >= 0.3 is 0 Å². The molecule has 0 bridgehead atoms. The normalized spacial score (nSPS) is 13.6. The average Bonchev–Trinajstić information content (AvgIpc) is 2.08. The fourth-order valence-corrected chi connectivity index (χ4v) is 2.63. The van der Waals surface area contributed by atoms with E-state index in [2.05, 4.69) is 45.9 Å². The van der Waals surface area contributed by atoms with E-state index in [1.165, 1.54) is 0 Å². The summed E-state index contributed by atoms with van der Waals surface area (Å²) in [7, 11) is -3.35. The summed E-state index contributed by atoms with van der Waals surface area (Å²) in [4.78, 5) is 0. The van der Waals surface area contributed by atoms with Crippen molar-refractivity contribution in [2.75, 3.05) is 0 Å². The lowest BCUT2D eigenvalue weighted by Gasteiger charge is -2.22. The molecular formula is C13H26O3Si2. The molecule has 0 aromatic heterocycles. The molecule has 0 fully saturated rings. The van der Waals surface area contributed by atoms with E-state index in [1.807, 2.05) is 13.0 Å². The van der Waals surface area contributed by atoms with Gasteiger partial charge in [-0.15, -0.1) is 0 Å². The third kappa shape index (κ3) is 10.2. The van der Waals surface area contributed by atoms with Crippen LogP contribution in [0.2, 0.25) is 39.3 Å². The maximum atomic E-state index is 5.83. The van der Waals surface area contributed by atoms with E-state index in [0.29, 0.717) is 11.7 Å². The van der Waals surface area contributed by atoms with Crippen LogP contribution in [0.4, 0.5) is 0 Å². The molecule has 0 radical (unpaired) electrons. The summed E-state index contributed by atoms with van der Waals surface area (Å²) in [5.74, 6) is 1.04. The molecule has 0 aliphatic carbocycles. The summed E-state index contributed by atoms with van der Waals surface area (Å²) < 4.78 is 17.0. The summed E-state index contributed by atoms with van der Waals surface area (Å²) in [6.07, 6.45) is 5.12. The number of hydrogen-bond acceptors (Lipinski definition) is 3. The minimum Gasteiger partial charge on any atom is -0.545 e. The predicted octanol–water partition coefficient (Wildman–Crippen LogP) is 4.59. The fourth-order valence-electron chi connectivity index (χ4n) is 1.08. The van der Waals surface area contributed by atoms with Crippen LogP contribution in [0.1, 0.15) is 6.92 Å². The van der Waals surface area contributed by atoms with Gasteiger partial charge in [-0.25, -0.2) is 0 Å². The van der Waals surface area contributed by atoms with E-state index in [-0.39, 0.29) is 0 Å². The fraction of sp³-hybridized carbons (Fsp3) is 0.538. The average molecular weight is 287 g/mol. The van der Waals surface area contributed by atoms with Crippen molar-refractivity contribution in [3.8, 4) is 0 Å². The highest BCUT2D eigenvalue weighted by atomic mass is 28.4. The topological polar surface area (TPSA) is 27.7 Å².